The zero-order chi connectivity index (χ0) is 19.2. The highest BCUT2D eigenvalue weighted by atomic mass is 35.5. The molecule has 2 atom stereocenters. The highest BCUT2D eigenvalue weighted by Crippen LogP contribution is 2.28. The van der Waals surface area contributed by atoms with E-state index in [2.05, 4.69) is 27.3 Å². The first-order chi connectivity index (χ1) is 13.1. The van der Waals surface area contributed by atoms with Crippen LogP contribution < -0.4 is 15.0 Å². The second-order valence-electron chi connectivity index (χ2n) is 6.71. The number of ether oxygens (including phenoxy) is 1. The summed E-state index contributed by atoms with van der Waals surface area (Å²) in [6, 6.07) is 11.3. The Morgan fingerprint density at radius 1 is 1.33 bits per heavy atom. The number of halogens is 1. The maximum absolute atomic E-state index is 12.9. The first kappa shape index (κ1) is 19.4. The van der Waals surface area contributed by atoms with E-state index in [0.29, 0.717) is 11.7 Å². The molecule has 2 heterocycles. The first-order valence-corrected chi connectivity index (χ1v) is 9.67. The van der Waals surface area contributed by atoms with E-state index in [1.807, 2.05) is 30.3 Å². The monoisotopic (exact) mass is 388 g/mol. The van der Waals surface area contributed by atoms with Crippen molar-refractivity contribution >= 4 is 23.3 Å². The Morgan fingerprint density at radius 3 is 2.85 bits per heavy atom. The molecular weight excluding hydrogens is 364 g/mol. The minimum absolute atomic E-state index is 0.0689. The molecule has 1 amide bonds. The van der Waals surface area contributed by atoms with Gasteiger partial charge in [-0.3, -0.25) is 4.79 Å². The second kappa shape index (κ2) is 9.04. The molecule has 1 N–H and O–H groups in total. The van der Waals surface area contributed by atoms with E-state index < -0.39 is 0 Å². The molecule has 0 spiro atoms. The van der Waals surface area contributed by atoms with Crippen LogP contribution in [0.15, 0.2) is 36.4 Å². The Kier molecular flexibility index (Phi) is 6.50. The molecule has 1 aliphatic rings. The SMILES string of the molecule is CC[C@@H](NC(=O)[C@@H]1CCCN(c2ccc(Cl)nn2)C1)c1ccccc1OC. The van der Waals surface area contributed by atoms with Crippen molar-refractivity contribution in [1.29, 1.82) is 0 Å². The van der Waals surface area contributed by atoms with E-state index in [0.717, 1.165) is 42.9 Å². The molecule has 2 aromatic rings. The molecule has 27 heavy (non-hydrogen) atoms. The van der Waals surface area contributed by atoms with E-state index in [1.165, 1.54) is 0 Å². The number of methoxy groups -OCH3 is 1. The molecule has 144 valence electrons. The molecule has 0 unspecified atom stereocenters. The zero-order valence-electron chi connectivity index (χ0n) is 15.7. The average Bonchev–Trinajstić information content (AvgIpc) is 2.72. The Labute approximate surface area is 164 Å². The number of rotatable bonds is 6. The van der Waals surface area contributed by atoms with E-state index in [1.54, 1.807) is 13.2 Å². The minimum Gasteiger partial charge on any atom is -0.496 e. The normalized spacial score (nSPS) is 18.0. The fourth-order valence-electron chi connectivity index (χ4n) is 3.52. The zero-order valence-corrected chi connectivity index (χ0v) is 16.4. The highest BCUT2D eigenvalue weighted by Gasteiger charge is 2.28. The van der Waals surface area contributed by atoms with Crippen LogP contribution in [0.4, 0.5) is 5.82 Å². The quantitative estimate of drug-likeness (QED) is 0.818. The number of nitrogens with one attached hydrogen (secondary N) is 1. The number of hydrogen-bond acceptors (Lipinski definition) is 5. The summed E-state index contributed by atoms with van der Waals surface area (Å²) in [4.78, 5) is 15.0. The van der Waals surface area contributed by atoms with Crippen LogP contribution in [-0.2, 0) is 4.79 Å². The fourth-order valence-corrected chi connectivity index (χ4v) is 3.62. The molecule has 3 rings (SSSR count). The molecule has 6 nitrogen and oxygen atoms in total. The van der Waals surface area contributed by atoms with Crippen LogP contribution in [0.1, 0.15) is 37.8 Å². The molecule has 1 saturated heterocycles. The van der Waals surface area contributed by atoms with Gasteiger partial charge in [-0.1, -0.05) is 36.7 Å². The van der Waals surface area contributed by atoms with E-state index in [9.17, 15) is 4.79 Å². The third-order valence-electron chi connectivity index (χ3n) is 4.97. The van der Waals surface area contributed by atoms with Gasteiger partial charge in [0, 0.05) is 18.7 Å². The summed E-state index contributed by atoms with van der Waals surface area (Å²) < 4.78 is 5.45. The Bertz CT molecular complexity index is 769. The number of benzene rings is 1. The summed E-state index contributed by atoms with van der Waals surface area (Å²) in [5, 5.41) is 11.6. The van der Waals surface area contributed by atoms with Crippen LogP contribution in [0.2, 0.25) is 5.15 Å². The maximum atomic E-state index is 12.9. The van der Waals surface area contributed by atoms with Gasteiger partial charge in [0.2, 0.25) is 5.91 Å². The number of carbonyl (C=O) groups excluding carboxylic acids is 1. The lowest BCUT2D eigenvalue weighted by Crippen LogP contribution is -2.44. The third-order valence-corrected chi connectivity index (χ3v) is 5.17. The Morgan fingerprint density at radius 2 is 2.15 bits per heavy atom. The molecule has 1 aromatic carbocycles. The third kappa shape index (κ3) is 4.69. The number of nitrogens with zero attached hydrogens (tertiary/aromatic N) is 3. The van der Waals surface area contributed by atoms with Crippen molar-refractivity contribution < 1.29 is 9.53 Å². The second-order valence-corrected chi connectivity index (χ2v) is 7.10. The molecule has 0 bridgehead atoms. The number of amides is 1. The van der Waals surface area contributed by atoms with Gasteiger partial charge >= 0.3 is 0 Å². The van der Waals surface area contributed by atoms with Gasteiger partial charge in [-0.2, -0.15) is 0 Å². The van der Waals surface area contributed by atoms with Crippen molar-refractivity contribution in [3.63, 3.8) is 0 Å². The molecule has 1 aromatic heterocycles. The molecule has 1 fully saturated rings. The highest BCUT2D eigenvalue weighted by molar-refractivity contribution is 6.29. The van der Waals surface area contributed by atoms with E-state index in [4.69, 9.17) is 16.3 Å². The number of piperidine rings is 1. The lowest BCUT2D eigenvalue weighted by molar-refractivity contribution is -0.126. The maximum Gasteiger partial charge on any atom is 0.225 e. The van der Waals surface area contributed by atoms with E-state index in [-0.39, 0.29) is 17.9 Å². The molecular formula is C20H25ClN4O2. The van der Waals surface area contributed by atoms with Gasteiger partial charge in [-0.05, 0) is 37.5 Å². The number of carbonyl (C=O) groups is 1. The summed E-state index contributed by atoms with van der Waals surface area (Å²) >= 11 is 5.82. The van der Waals surface area contributed by atoms with Gasteiger partial charge in [0.15, 0.2) is 11.0 Å². The van der Waals surface area contributed by atoms with Crippen molar-refractivity contribution in [3.8, 4) is 5.75 Å². The summed E-state index contributed by atoms with van der Waals surface area (Å²) in [7, 11) is 1.65. The summed E-state index contributed by atoms with van der Waals surface area (Å²) in [6.45, 7) is 3.56. The predicted octanol–water partition coefficient (Wildman–Crippen LogP) is 3.62. The molecule has 1 aliphatic heterocycles. The van der Waals surface area contributed by atoms with Crippen LogP contribution in [0.25, 0.3) is 0 Å². The Balaban J connectivity index is 1.68. The number of anilines is 1. The van der Waals surface area contributed by atoms with Gasteiger partial charge in [-0.15, -0.1) is 10.2 Å². The fraction of sp³-hybridized carbons (Fsp3) is 0.450. The summed E-state index contributed by atoms with van der Waals surface area (Å²) in [5.41, 5.74) is 1.01. The molecule has 7 heteroatoms. The van der Waals surface area contributed by atoms with Crippen LogP contribution in [-0.4, -0.2) is 36.3 Å². The van der Waals surface area contributed by atoms with Crippen LogP contribution in [0.3, 0.4) is 0 Å². The van der Waals surface area contributed by atoms with Crippen molar-refractivity contribution in [2.75, 3.05) is 25.1 Å². The molecule has 0 radical (unpaired) electrons. The van der Waals surface area contributed by atoms with Gasteiger partial charge in [0.25, 0.3) is 0 Å². The minimum atomic E-state index is -0.0833. The Hall–Kier alpha value is -2.34. The van der Waals surface area contributed by atoms with Crippen LogP contribution in [0.5, 0.6) is 5.75 Å². The number of hydrogen-bond donors (Lipinski definition) is 1. The van der Waals surface area contributed by atoms with E-state index >= 15 is 0 Å². The lowest BCUT2D eigenvalue weighted by Gasteiger charge is -2.33. The summed E-state index contributed by atoms with van der Waals surface area (Å²) in [6.07, 6.45) is 2.60. The molecule has 0 saturated carbocycles. The lowest BCUT2D eigenvalue weighted by atomic mass is 9.95. The van der Waals surface area contributed by atoms with Crippen molar-refractivity contribution in [1.82, 2.24) is 15.5 Å². The van der Waals surface area contributed by atoms with Gasteiger partial charge in [-0.25, -0.2) is 0 Å². The number of aromatic nitrogens is 2. The van der Waals surface area contributed by atoms with Gasteiger partial charge < -0.3 is 15.0 Å². The topological polar surface area (TPSA) is 67.4 Å². The van der Waals surface area contributed by atoms with Crippen LogP contribution >= 0.6 is 11.6 Å². The van der Waals surface area contributed by atoms with Crippen molar-refractivity contribution in [2.24, 2.45) is 5.92 Å². The largest absolute Gasteiger partial charge is 0.496 e. The van der Waals surface area contributed by atoms with Crippen molar-refractivity contribution in [3.05, 3.63) is 47.1 Å². The average molecular weight is 389 g/mol. The smallest absolute Gasteiger partial charge is 0.225 e. The first-order valence-electron chi connectivity index (χ1n) is 9.29. The summed E-state index contributed by atoms with van der Waals surface area (Å²) in [5.74, 6) is 1.54. The number of para-hydroxylation sites is 1. The van der Waals surface area contributed by atoms with Crippen LogP contribution in [0, 0.1) is 5.92 Å². The standard InChI is InChI=1S/C20H25ClN4O2/c1-3-16(15-8-4-5-9-17(15)27-2)22-20(26)14-7-6-12-25(13-14)19-11-10-18(21)23-24-19/h4-5,8-11,14,16H,3,6-7,12-13H2,1-2H3,(H,22,26)/t14-,16-/m1/s1. The predicted molar refractivity (Wildman–Crippen MR) is 106 cm³/mol. The van der Waals surface area contributed by atoms with Gasteiger partial charge in [0.05, 0.1) is 19.1 Å². The molecule has 0 aliphatic carbocycles. The van der Waals surface area contributed by atoms with Crippen molar-refractivity contribution in [2.45, 2.75) is 32.2 Å². The van der Waals surface area contributed by atoms with Gasteiger partial charge in [0.1, 0.15) is 5.75 Å².